The van der Waals surface area contributed by atoms with E-state index >= 15 is 0 Å². The Morgan fingerprint density at radius 1 is 0.516 bits per heavy atom. The van der Waals surface area contributed by atoms with Gasteiger partial charge in [0.25, 0.3) is 0 Å². The van der Waals surface area contributed by atoms with Crippen LogP contribution in [0.5, 0.6) is 0 Å². The van der Waals surface area contributed by atoms with Gasteiger partial charge in [-0.15, -0.1) is 29.7 Å². The van der Waals surface area contributed by atoms with Gasteiger partial charge in [-0.05, 0) is 57.8 Å². The van der Waals surface area contributed by atoms with E-state index in [0.29, 0.717) is 0 Å². The van der Waals surface area contributed by atoms with Gasteiger partial charge in [-0.1, -0.05) is 171 Å². The molecule has 0 saturated carbocycles. The van der Waals surface area contributed by atoms with Crippen LogP contribution < -0.4 is 4.90 Å². The number of imidazole rings is 1. The fourth-order valence-corrected chi connectivity index (χ4v) is 8.93. The van der Waals surface area contributed by atoms with Gasteiger partial charge < -0.3 is 9.47 Å². The Morgan fingerprint density at radius 2 is 1.09 bits per heavy atom. The van der Waals surface area contributed by atoms with Gasteiger partial charge in [0.2, 0.25) is 0 Å². The zero-order valence-electron chi connectivity index (χ0n) is 35.8. The molecule has 64 heavy (non-hydrogen) atoms. The summed E-state index contributed by atoms with van der Waals surface area (Å²) in [5, 5.41) is 2.26. The summed E-state index contributed by atoms with van der Waals surface area (Å²) in [7, 11) is 0. The van der Waals surface area contributed by atoms with Crippen molar-refractivity contribution in [1.82, 2.24) is 18.7 Å². The summed E-state index contributed by atoms with van der Waals surface area (Å²) < 4.78 is 6.76. The quantitative estimate of drug-likeness (QED) is 0.142. The first-order valence-corrected chi connectivity index (χ1v) is 21.5. The van der Waals surface area contributed by atoms with Crippen LogP contribution in [0.3, 0.4) is 0 Å². The van der Waals surface area contributed by atoms with Crippen LogP contribution in [0, 0.1) is 12.1 Å². The average Bonchev–Trinajstić information content (AvgIpc) is 3.89. The molecule has 11 rings (SSSR count). The summed E-state index contributed by atoms with van der Waals surface area (Å²) in [6.07, 6.45) is 4.10. The fourth-order valence-electron chi connectivity index (χ4n) is 8.93. The number of anilines is 3. The van der Waals surface area contributed by atoms with E-state index in [1.165, 1.54) is 5.56 Å². The van der Waals surface area contributed by atoms with Crippen LogP contribution in [-0.2, 0) is 26.5 Å². The van der Waals surface area contributed by atoms with Crippen molar-refractivity contribution in [1.29, 1.82) is 0 Å². The minimum atomic E-state index is -0.0522. The molecule has 0 aliphatic carbocycles. The third-order valence-corrected chi connectivity index (χ3v) is 12.0. The summed E-state index contributed by atoms with van der Waals surface area (Å²) in [5.74, 6) is 0.864. The molecule has 3 aromatic heterocycles. The van der Waals surface area contributed by atoms with Gasteiger partial charge in [-0.2, -0.15) is 16.7 Å². The van der Waals surface area contributed by atoms with Crippen molar-refractivity contribution in [2.75, 3.05) is 4.90 Å². The number of para-hydroxylation sites is 5. The third-order valence-electron chi connectivity index (χ3n) is 12.0. The van der Waals surface area contributed by atoms with Crippen molar-refractivity contribution in [2.24, 2.45) is 0 Å². The molecule has 0 unspecified atom stereocenters. The number of pyridine rings is 1. The second kappa shape index (κ2) is 16.7. The van der Waals surface area contributed by atoms with Crippen LogP contribution in [0.25, 0.3) is 72.3 Å². The van der Waals surface area contributed by atoms with Gasteiger partial charge in [0.1, 0.15) is 11.5 Å². The van der Waals surface area contributed by atoms with Crippen LogP contribution in [-0.4, -0.2) is 18.7 Å². The molecule has 0 bridgehead atoms. The summed E-state index contributed by atoms with van der Waals surface area (Å²) >= 11 is 0. The van der Waals surface area contributed by atoms with Crippen molar-refractivity contribution in [3.05, 3.63) is 230 Å². The molecule has 0 saturated heterocycles. The van der Waals surface area contributed by atoms with E-state index in [0.717, 1.165) is 89.3 Å². The van der Waals surface area contributed by atoms with Crippen LogP contribution in [0.15, 0.2) is 213 Å². The van der Waals surface area contributed by atoms with E-state index in [9.17, 15) is 0 Å². The Balaban J connectivity index is 0.00000484. The second-order valence-corrected chi connectivity index (χ2v) is 17.0. The van der Waals surface area contributed by atoms with E-state index in [2.05, 4.69) is 258 Å². The van der Waals surface area contributed by atoms with E-state index in [4.69, 9.17) is 4.98 Å². The molecule has 5 nitrogen and oxygen atoms in total. The van der Waals surface area contributed by atoms with E-state index in [1.807, 2.05) is 6.20 Å². The predicted molar refractivity (Wildman–Crippen MR) is 261 cm³/mol. The maximum atomic E-state index is 5.01. The predicted octanol–water partition coefficient (Wildman–Crippen LogP) is 14.9. The Hall–Kier alpha value is -7.33. The Labute approximate surface area is 388 Å². The summed E-state index contributed by atoms with van der Waals surface area (Å²) in [6, 6.07) is 78.9. The normalized spacial score (nSPS) is 11.5. The molecule has 0 atom stereocenters. The first kappa shape index (κ1) is 40.7. The first-order valence-electron chi connectivity index (χ1n) is 21.5. The monoisotopic (exact) mass is 1010 g/mol. The van der Waals surface area contributed by atoms with Gasteiger partial charge in [-0.25, -0.2) is 9.55 Å². The van der Waals surface area contributed by atoms with Crippen LogP contribution in [0.1, 0.15) is 26.3 Å². The van der Waals surface area contributed by atoms with Crippen LogP contribution in [0.4, 0.5) is 17.1 Å². The third kappa shape index (κ3) is 7.22. The zero-order valence-corrected chi connectivity index (χ0v) is 38.0. The molecule has 312 valence electrons. The van der Waals surface area contributed by atoms with Gasteiger partial charge in [0.05, 0.1) is 5.69 Å². The van der Waals surface area contributed by atoms with Crippen molar-refractivity contribution < 1.29 is 21.1 Å². The summed E-state index contributed by atoms with van der Waals surface area (Å²) in [4.78, 5) is 7.36. The molecule has 8 aromatic carbocycles. The maximum Gasteiger partial charge on any atom is 0.168 e. The summed E-state index contributed by atoms with van der Waals surface area (Å²) in [6.45, 7) is 6.74. The number of nitrogens with zero attached hydrogens (tertiary/aromatic N) is 5. The molecule has 0 fully saturated rings. The van der Waals surface area contributed by atoms with Crippen LogP contribution in [0.2, 0.25) is 0 Å². The van der Waals surface area contributed by atoms with Crippen molar-refractivity contribution in [3.63, 3.8) is 0 Å². The summed E-state index contributed by atoms with van der Waals surface area (Å²) in [5.41, 5.74) is 14.6. The Kier molecular flexibility index (Phi) is 10.7. The maximum absolute atomic E-state index is 5.01. The van der Waals surface area contributed by atoms with Crippen molar-refractivity contribution in [3.8, 4) is 39.4 Å². The van der Waals surface area contributed by atoms with Crippen molar-refractivity contribution >= 4 is 49.9 Å². The molecule has 0 spiro atoms. The minimum Gasteiger partial charge on any atom is -0.357 e. The van der Waals surface area contributed by atoms with Crippen LogP contribution >= 0.6 is 0 Å². The number of hydrogen-bond donors (Lipinski definition) is 0. The molecule has 3 heterocycles. The molecule has 0 aliphatic rings. The van der Waals surface area contributed by atoms with E-state index < -0.39 is 0 Å². The largest absolute Gasteiger partial charge is 0.357 e. The molecule has 0 N–H and O–H groups in total. The van der Waals surface area contributed by atoms with E-state index in [-0.39, 0.29) is 26.5 Å². The first-order chi connectivity index (χ1) is 30.9. The number of rotatable bonds is 8. The molecule has 6 heteroatoms. The molecular formula is C58H44N5Pt-. The van der Waals surface area contributed by atoms with E-state index in [1.54, 1.807) is 0 Å². The molecule has 0 radical (unpaired) electrons. The van der Waals surface area contributed by atoms with Gasteiger partial charge >= 0.3 is 0 Å². The van der Waals surface area contributed by atoms with Gasteiger partial charge in [-0.3, -0.25) is 0 Å². The van der Waals surface area contributed by atoms with Crippen molar-refractivity contribution in [2.45, 2.75) is 26.2 Å². The molecule has 11 aromatic rings. The zero-order chi connectivity index (χ0) is 42.5. The Bertz CT molecular complexity index is 3380. The molecule has 0 aliphatic heterocycles. The smallest absolute Gasteiger partial charge is 0.168 e. The molecular weight excluding hydrogens is 962 g/mol. The second-order valence-electron chi connectivity index (χ2n) is 17.0. The Morgan fingerprint density at radius 3 is 1.77 bits per heavy atom. The number of hydrogen-bond acceptors (Lipinski definition) is 2. The van der Waals surface area contributed by atoms with Gasteiger partial charge in [0, 0.05) is 61.7 Å². The standard InChI is InChI=1S/C58H44N5.Pt/c1-58(2,3)43-35-36-59-56(37-43)63-52-30-14-13-27-50(52)51-34-33-47(39-55(51)63)62(57-48(41-19-7-4-8-20-41)28-18-29-49(57)42-21-9-5-10-22-42)46-26-17-25-45(38-46)61-40-60(44-23-11-6-12-24-44)53-31-15-16-32-54(53)61;/h4-37,40H,1-3H3;/q-1;. The average molecular weight is 1010 g/mol. The number of benzene rings is 8. The van der Waals surface area contributed by atoms with Gasteiger partial charge in [0.15, 0.2) is 17.4 Å². The molecule has 0 amide bonds. The number of fused-ring (bicyclic) bond motifs is 4. The SMILES string of the molecule is CC(C)(C)c1ccnc(-n2c3[c-]c(N(c4[c-]c(-n5[cH+]n(-c6ccccc6)c6ccccc65)ccc4)c4c(-c5ccccc5)cccc4-c4ccccc4)ccc3c3ccccc32)c1.[Pt]. The number of aromatic nitrogens is 4. The minimum absolute atomic E-state index is 0. The fraction of sp³-hybridized carbons (Fsp3) is 0.0690. The topological polar surface area (TPSA) is 30.9 Å².